The van der Waals surface area contributed by atoms with Crippen LogP contribution in [0.4, 0.5) is 4.39 Å². The highest BCUT2D eigenvalue weighted by Crippen LogP contribution is 2.39. The van der Waals surface area contributed by atoms with E-state index < -0.39 is 23.5 Å². The van der Waals surface area contributed by atoms with Crippen molar-refractivity contribution in [3.8, 4) is 5.75 Å². The van der Waals surface area contributed by atoms with Crippen LogP contribution in [0.1, 0.15) is 17.2 Å². The van der Waals surface area contributed by atoms with Crippen LogP contribution in [0.25, 0.3) is 5.76 Å². The second-order valence-corrected chi connectivity index (χ2v) is 7.08. The van der Waals surface area contributed by atoms with E-state index in [1.807, 2.05) is 19.0 Å². The number of nitrogens with zero attached hydrogens (tertiary/aromatic N) is 2. The van der Waals surface area contributed by atoms with Gasteiger partial charge in [-0.1, -0.05) is 12.1 Å². The molecule has 1 fully saturated rings. The summed E-state index contributed by atoms with van der Waals surface area (Å²) < 4.78 is 18.5. The molecule has 1 saturated heterocycles. The van der Waals surface area contributed by atoms with Gasteiger partial charge in [-0.15, -0.1) is 0 Å². The second kappa shape index (κ2) is 8.45. The Balaban J connectivity index is 2.12. The number of likely N-dealkylation sites (tertiary alicyclic amines) is 1. The van der Waals surface area contributed by atoms with E-state index in [1.54, 1.807) is 31.4 Å². The van der Waals surface area contributed by atoms with Crippen LogP contribution in [0.5, 0.6) is 5.75 Å². The van der Waals surface area contributed by atoms with Gasteiger partial charge in [-0.2, -0.15) is 0 Å². The van der Waals surface area contributed by atoms with Crippen molar-refractivity contribution >= 4 is 17.4 Å². The summed E-state index contributed by atoms with van der Waals surface area (Å²) in [6.45, 7) is 0.866. The third-order valence-corrected chi connectivity index (χ3v) is 4.88. The lowest BCUT2D eigenvalue weighted by Crippen LogP contribution is -2.35. The molecular formula is C22H23FN2O4. The SMILES string of the molecule is COc1ccc(C2/C(=C(\O)c3ccc(F)cc3)C(=O)C(=O)N2CCN(C)C)cc1. The van der Waals surface area contributed by atoms with Crippen molar-refractivity contribution in [1.29, 1.82) is 0 Å². The standard InChI is InChI=1S/C22H23FN2O4/c1-24(2)12-13-25-19(14-6-10-17(29-3)11-7-14)18(21(27)22(25)28)20(26)15-4-8-16(23)9-5-15/h4-11,19,26H,12-13H2,1-3H3/b20-18+. The number of ketones is 1. The van der Waals surface area contributed by atoms with E-state index in [1.165, 1.54) is 29.2 Å². The summed E-state index contributed by atoms with van der Waals surface area (Å²) in [6.07, 6.45) is 0. The third kappa shape index (κ3) is 4.14. The Bertz CT molecular complexity index is 936. The third-order valence-electron chi connectivity index (χ3n) is 4.88. The first-order valence-corrected chi connectivity index (χ1v) is 9.16. The van der Waals surface area contributed by atoms with Crippen LogP contribution in [-0.2, 0) is 9.59 Å². The first-order valence-electron chi connectivity index (χ1n) is 9.16. The number of hydrogen-bond acceptors (Lipinski definition) is 5. The Morgan fingerprint density at radius 2 is 1.72 bits per heavy atom. The van der Waals surface area contributed by atoms with E-state index in [4.69, 9.17) is 4.74 Å². The molecule has 1 unspecified atom stereocenters. The van der Waals surface area contributed by atoms with Crippen molar-refractivity contribution in [3.63, 3.8) is 0 Å². The van der Waals surface area contributed by atoms with E-state index in [9.17, 15) is 19.1 Å². The molecule has 1 aliphatic heterocycles. The number of carbonyl (C=O) groups excluding carboxylic acids is 2. The molecule has 3 rings (SSSR count). The van der Waals surface area contributed by atoms with Crippen LogP contribution in [0, 0.1) is 5.82 Å². The Morgan fingerprint density at radius 3 is 2.28 bits per heavy atom. The zero-order valence-electron chi connectivity index (χ0n) is 16.6. The smallest absolute Gasteiger partial charge is 0.295 e. The van der Waals surface area contributed by atoms with Crippen LogP contribution in [-0.4, -0.2) is 60.9 Å². The molecule has 0 spiro atoms. The van der Waals surface area contributed by atoms with Crippen LogP contribution >= 0.6 is 0 Å². The van der Waals surface area contributed by atoms with Gasteiger partial charge in [-0.3, -0.25) is 9.59 Å². The summed E-state index contributed by atoms with van der Waals surface area (Å²) in [5.41, 5.74) is 0.938. The number of ether oxygens (including phenoxy) is 1. The molecule has 0 aromatic heterocycles. The van der Waals surface area contributed by atoms with Gasteiger partial charge in [-0.25, -0.2) is 4.39 Å². The van der Waals surface area contributed by atoms with Crippen molar-refractivity contribution in [2.45, 2.75) is 6.04 Å². The van der Waals surface area contributed by atoms with Crippen LogP contribution in [0.15, 0.2) is 54.1 Å². The number of amides is 1. The quantitative estimate of drug-likeness (QED) is 0.460. The molecule has 1 N–H and O–H groups in total. The van der Waals surface area contributed by atoms with E-state index in [0.717, 1.165) is 0 Å². The van der Waals surface area contributed by atoms with Crippen LogP contribution < -0.4 is 4.74 Å². The van der Waals surface area contributed by atoms with Crippen molar-refractivity contribution in [2.24, 2.45) is 0 Å². The summed E-state index contributed by atoms with van der Waals surface area (Å²) in [5.74, 6) is -1.57. The average Bonchev–Trinajstić information content (AvgIpc) is 2.97. The summed E-state index contributed by atoms with van der Waals surface area (Å²) >= 11 is 0. The zero-order valence-corrected chi connectivity index (χ0v) is 16.6. The minimum Gasteiger partial charge on any atom is -0.507 e. The van der Waals surface area contributed by atoms with Gasteiger partial charge in [0, 0.05) is 18.7 Å². The van der Waals surface area contributed by atoms with Crippen molar-refractivity contribution in [1.82, 2.24) is 9.80 Å². The number of carbonyl (C=O) groups is 2. The number of aliphatic hydroxyl groups excluding tert-OH is 1. The molecule has 0 radical (unpaired) electrons. The van der Waals surface area contributed by atoms with E-state index >= 15 is 0 Å². The van der Waals surface area contributed by atoms with Gasteiger partial charge >= 0.3 is 0 Å². The highest BCUT2D eigenvalue weighted by molar-refractivity contribution is 6.46. The van der Waals surface area contributed by atoms with E-state index in [2.05, 4.69) is 0 Å². The van der Waals surface area contributed by atoms with Crippen molar-refractivity contribution in [3.05, 3.63) is 71.0 Å². The summed E-state index contributed by atoms with van der Waals surface area (Å²) in [7, 11) is 5.29. The van der Waals surface area contributed by atoms with Gasteiger partial charge in [0.25, 0.3) is 11.7 Å². The maximum atomic E-state index is 13.3. The predicted molar refractivity (Wildman–Crippen MR) is 107 cm³/mol. The fraction of sp³-hybridized carbons (Fsp3) is 0.273. The Kier molecular flexibility index (Phi) is 5.98. The Labute approximate surface area is 168 Å². The molecule has 1 amide bonds. The lowest BCUT2D eigenvalue weighted by molar-refractivity contribution is -0.140. The first kappa shape index (κ1) is 20.5. The molecular weight excluding hydrogens is 375 g/mol. The van der Waals surface area contributed by atoms with Crippen molar-refractivity contribution < 1.29 is 23.8 Å². The number of likely N-dealkylation sites (N-methyl/N-ethyl adjacent to an activating group) is 1. The minimum absolute atomic E-state index is 0.00877. The van der Waals surface area contributed by atoms with Gasteiger partial charge in [0.2, 0.25) is 0 Å². The Morgan fingerprint density at radius 1 is 1.10 bits per heavy atom. The van der Waals surface area contributed by atoms with Gasteiger partial charge in [0.15, 0.2) is 0 Å². The Hall–Kier alpha value is -3.19. The molecule has 6 nitrogen and oxygen atoms in total. The molecule has 29 heavy (non-hydrogen) atoms. The normalized spacial score (nSPS) is 18.5. The highest BCUT2D eigenvalue weighted by Gasteiger charge is 2.45. The fourth-order valence-electron chi connectivity index (χ4n) is 3.31. The molecule has 1 heterocycles. The fourth-order valence-corrected chi connectivity index (χ4v) is 3.31. The monoisotopic (exact) mass is 398 g/mol. The number of hydrogen-bond donors (Lipinski definition) is 1. The van der Waals surface area contributed by atoms with Crippen molar-refractivity contribution in [2.75, 3.05) is 34.3 Å². The largest absolute Gasteiger partial charge is 0.507 e. The molecule has 0 bridgehead atoms. The second-order valence-electron chi connectivity index (χ2n) is 7.08. The predicted octanol–water partition coefficient (Wildman–Crippen LogP) is 2.82. The number of methoxy groups -OCH3 is 1. The summed E-state index contributed by atoms with van der Waals surface area (Å²) in [5, 5.41) is 10.8. The van der Waals surface area contributed by atoms with Crippen LogP contribution in [0.2, 0.25) is 0 Å². The van der Waals surface area contributed by atoms with E-state index in [-0.39, 0.29) is 16.9 Å². The van der Waals surface area contributed by atoms with E-state index in [0.29, 0.717) is 24.4 Å². The number of Topliss-reactive ketones (excluding diaryl/α,β-unsaturated/α-hetero) is 1. The van der Waals surface area contributed by atoms with Gasteiger partial charge in [0.05, 0.1) is 18.7 Å². The van der Waals surface area contributed by atoms with Gasteiger partial charge < -0.3 is 19.6 Å². The van der Waals surface area contributed by atoms with Gasteiger partial charge in [-0.05, 0) is 56.1 Å². The molecule has 0 aliphatic carbocycles. The molecule has 2 aromatic carbocycles. The topological polar surface area (TPSA) is 70.1 Å². The number of halogens is 1. The minimum atomic E-state index is -0.758. The van der Waals surface area contributed by atoms with Crippen LogP contribution in [0.3, 0.4) is 0 Å². The molecule has 152 valence electrons. The summed E-state index contributed by atoms with van der Waals surface area (Å²) in [4.78, 5) is 28.9. The maximum absolute atomic E-state index is 13.3. The number of benzene rings is 2. The lowest BCUT2D eigenvalue weighted by Gasteiger charge is -2.26. The number of aliphatic hydroxyl groups is 1. The maximum Gasteiger partial charge on any atom is 0.295 e. The number of rotatable bonds is 6. The molecule has 7 heteroatoms. The zero-order chi connectivity index (χ0) is 21.1. The molecule has 1 atom stereocenters. The summed E-state index contributed by atoms with van der Waals surface area (Å²) in [6, 6.07) is 11.4. The molecule has 1 aliphatic rings. The molecule has 0 saturated carbocycles. The lowest BCUT2D eigenvalue weighted by atomic mass is 9.95. The molecule has 2 aromatic rings. The first-order chi connectivity index (χ1) is 13.8. The highest BCUT2D eigenvalue weighted by atomic mass is 19.1. The van der Waals surface area contributed by atoms with Gasteiger partial charge in [0.1, 0.15) is 17.3 Å². The average molecular weight is 398 g/mol.